The van der Waals surface area contributed by atoms with Gasteiger partial charge in [0.25, 0.3) is 0 Å². The minimum atomic E-state index is 0.0344. The first-order valence-electron chi connectivity index (χ1n) is 9.92. The van der Waals surface area contributed by atoms with Crippen LogP contribution in [0.4, 0.5) is 0 Å². The van der Waals surface area contributed by atoms with Crippen molar-refractivity contribution in [2.45, 2.75) is 25.9 Å². The summed E-state index contributed by atoms with van der Waals surface area (Å²) in [6.45, 7) is 2.67. The molecule has 0 aliphatic heterocycles. The van der Waals surface area contributed by atoms with E-state index in [0.29, 0.717) is 12.5 Å². The zero-order valence-corrected chi connectivity index (χ0v) is 19.7. The molecule has 0 saturated heterocycles. The molecule has 1 atom stereocenters. The average molecular weight is 530 g/mol. The van der Waals surface area contributed by atoms with Crippen molar-refractivity contribution in [1.82, 2.24) is 10.2 Å². The zero-order valence-electron chi connectivity index (χ0n) is 16.6. The van der Waals surface area contributed by atoms with E-state index in [1.807, 2.05) is 48.5 Å². The second-order valence-corrected chi connectivity index (χ2v) is 8.72. The Bertz CT molecular complexity index is 1130. The molecule has 0 bridgehead atoms. The molecule has 0 spiro atoms. The third-order valence-corrected chi connectivity index (χ3v) is 6.27. The lowest BCUT2D eigenvalue weighted by Crippen LogP contribution is -2.19. The Morgan fingerprint density at radius 2 is 1.83 bits per heavy atom. The van der Waals surface area contributed by atoms with Gasteiger partial charge in [-0.25, -0.2) is 0 Å². The fraction of sp³-hybridized carbons (Fsp3) is 0.208. The van der Waals surface area contributed by atoms with Gasteiger partial charge in [0.05, 0.1) is 16.8 Å². The number of halogens is 2. The second kappa shape index (κ2) is 9.67. The number of aromatic amines is 1. The van der Waals surface area contributed by atoms with E-state index in [9.17, 15) is 0 Å². The van der Waals surface area contributed by atoms with Crippen molar-refractivity contribution < 1.29 is 9.47 Å². The number of hydrogen-bond acceptors (Lipinski definition) is 3. The monoisotopic (exact) mass is 528 g/mol. The Labute approximate surface area is 192 Å². The number of ether oxygens (including phenoxy) is 2. The van der Waals surface area contributed by atoms with Gasteiger partial charge in [0.2, 0.25) is 5.88 Å². The van der Waals surface area contributed by atoms with Crippen LogP contribution in [0.1, 0.15) is 19.8 Å². The molecule has 1 N–H and O–H groups in total. The van der Waals surface area contributed by atoms with Crippen LogP contribution in [-0.4, -0.2) is 22.9 Å². The van der Waals surface area contributed by atoms with Gasteiger partial charge in [-0.3, -0.25) is 5.10 Å². The Kier molecular flexibility index (Phi) is 6.75. The fourth-order valence-corrected chi connectivity index (χ4v) is 4.29. The molecule has 4 aromatic rings. The van der Waals surface area contributed by atoms with Crippen molar-refractivity contribution in [1.29, 1.82) is 0 Å². The van der Waals surface area contributed by atoms with Gasteiger partial charge in [-0.2, -0.15) is 0 Å². The Morgan fingerprint density at radius 1 is 1.00 bits per heavy atom. The van der Waals surface area contributed by atoms with E-state index in [0.717, 1.165) is 49.6 Å². The van der Waals surface area contributed by atoms with E-state index >= 15 is 0 Å². The zero-order chi connectivity index (χ0) is 20.9. The second-order valence-electron chi connectivity index (χ2n) is 7.01. The summed E-state index contributed by atoms with van der Waals surface area (Å²) in [5, 5.41) is 9.64. The number of hydrogen-bond donors (Lipinski definition) is 1. The summed E-state index contributed by atoms with van der Waals surface area (Å²) in [4.78, 5) is 0. The molecule has 4 rings (SSSR count). The molecule has 3 aromatic carbocycles. The first-order valence-corrected chi connectivity index (χ1v) is 11.5. The molecule has 0 aliphatic rings. The van der Waals surface area contributed by atoms with Gasteiger partial charge in [-0.15, -0.1) is 5.10 Å². The Hall–Kier alpha value is -2.31. The lowest BCUT2D eigenvalue weighted by molar-refractivity contribution is 0.152. The van der Waals surface area contributed by atoms with Gasteiger partial charge >= 0.3 is 0 Å². The Morgan fingerprint density at radius 3 is 2.63 bits per heavy atom. The highest BCUT2D eigenvalue weighted by molar-refractivity contribution is 9.11. The van der Waals surface area contributed by atoms with E-state index in [1.165, 1.54) is 0 Å². The Balaban J connectivity index is 1.36. The van der Waals surface area contributed by atoms with E-state index in [-0.39, 0.29) is 6.10 Å². The van der Waals surface area contributed by atoms with E-state index < -0.39 is 0 Å². The number of nitrogens with zero attached hydrogens (tertiary/aromatic N) is 1. The SMILES string of the molecule is CCC(CCOc1ccc2cc(Br)ccc2c1Br)Oc1cc(-c2ccccc2)[nH]n1. The predicted octanol–water partition coefficient (Wildman–Crippen LogP) is 7.38. The molecule has 1 unspecified atom stereocenters. The third kappa shape index (κ3) is 4.87. The molecule has 30 heavy (non-hydrogen) atoms. The van der Waals surface area contributed by atoms with Crippen molar-refractivity contribution in [3.63, 3.8) is 0 Å². The van der Waals surface area contributed by atoms with Crippen LogP contribution in [0.25, 0.3) is 22.0 Å². The van der Waals surface area contributed by atoms with Crippen LogP contribution in [-0.2, 0) is 0 Å². The minimum Gasteiger partial charge on any atom is -0.492 e. The minimum absolute atomic E-state index is 0.0344. The standard InChI is InChI=1S/C24H22Br2N2O2/c1-2-19(30-23-15-21(27-28-23)16-6-4-3-5-7-16)12-13-29-22-11-8-17-14-18(25)9-10-20(17)24(22)26/h3-11,14-15,19H,2,12-13H2,1H3,(H,27,28). The molecular weight excluding hydrogens is 508 g/mol. The maximum atomic E-state index is 6.08. The van der Waals surface area contributed by atoms with Crippen molar-refractivity contribution in [2.24, 2.45) is 0 Å². The summed E-state index contributed by atoms with van der Waals surface area (Å²) in [7, 11) is 0. The molecule has 154 valence electrons. The number of rotatable bonds is 8. The summed E-state index contributed by atoms with van der Waals surface area (Å²) >= 11 is 7.20. The van der Waals surface area contributed by atoms with Crippen molar-refractivity contribution in [3.8, 4) is 22.9 Å². The van der Waals surface area contributed by atoms with Gasteiger partial charge in [-0.05, 0) is 56.9 Å². The highest BCUT2D eigenvalue weighted by atomic mass is 79.9. The van der Waals surface area contributed by atoms with E-state index in [1.54, 1.807) is 0 Å². The van der Waals surface area contributed by atoms with Crippen LogP contribution in [0, 0.1) is 0 Å². The smallest absolute Gasteiger partial charge is 0.233 e. The third-order valence-electron chi connectivity index (χ3n) is 4.96. The molecule has 0 saturated carbocycles. The van der Waals surface area contributed by atoms with Crippen LogP contribution >= 0.6 is 31.9 Å². The van der Waals surface area contributed by atoms with Crippen LogP contribution in [0.15, 0.2) is 75.7 Å². The molecule has 0 amide bonds. The molecule has 0 aliphatic carbocycles. The van der Waals surface area contributed by atoms with Gasteiger partial charge in [0.15, 0.2) is 0 Å². The van der Waals surface area contributed by atoms with Crippen LogP contribution in [0.2, 0.25) is 0 Å². The molecule has 0 fully saturated rings. The average Bonchev–Trinajstić information content (AvgIpc) is 3.23. The van der Waals surface area contributed by atoms with Crippen LogP contribution in [0.5, 0.6) is 11.6 Å². The molecular formula is C24H22Br2N2O2. The summed E-state index contributed by atoms with van der Waals surface area (Å²) in [5.74, 6) is 1.45. The summed E-state index contributed by atoms with van der Waals surface area (Å²) < 4.78 is 14.2. The number of nitrogens with one attached hydrogen (secondary N) is 1. The highest BCUT2D eigenvalue weighted by Gasteiger charge is 2.13. The summed E-state index contributed by atoms with van der Waals surface area (Å²) in [5.41, 5.74) is 2.04. The van der Waals surface area contributed by atoms with Gasteiger partial charge in [0.1, 0.15) is 11.9 Å². The van der Waals surface area contributed by atoms with E-state index in [2.05, 4.69) is 67.2 Å². The van der Waals surface area contributed by atoms with Crippen molar-refractivity contribution in [2.75, 3.05) is 6.61 Å². The first-order chi connectivity index (χ1) is 14.6. The molecule has 0 radical (unpaired) electrons. The lowest BCUT2D eigenvalue weighted by Gasteiger charge is -2.17. The van der Waals surface area contributed by atoms with Crippen LogP contribution < -0.4 is 9.47 Å². The maximum absolute atomic E-state index is 6.08. The summed E-state index contributed by atoms with van der Waals surface area (Å²) in [6.07, 6.45) is 1.69. The summed E-state index contributed by atoms with van der Waals surface area (Å²) in [6, 6.07) is 22.3. The molecule has 4 nitrogen and oxygen atoms in total. The number of H-pyrrole nitrogens is 1. The normalized spacial score (nSPS) is 12.1. The molecule has 1 aromatic heterocycles. The lowest BCUT2D eigenvalue weighted by atomic mass is 10.1. The topological polar surface area (TPSA) is 47.1 Å². The quantitative estimate of drug-likeness (QED) is 0.259. The van der Waals surface area contributed by atoms with Gasteiger partial charge < -0.3 is 9.47 Å². The molecule has 6 heteroatoms. The maximum Gasteiger partial charge on any atom is 0.233 e. The largest absolute Gasteiger partial charge is 0.492 e. The number of benzene rings is 3. The van der Waals surface area contributed by atoms with Crippen LogP contribution in [0.3, 0.4) is 0 Å². The highest BCUT2D eigenvalue weighted by Crippen LogP contribution is 2.34. The number of fused-ring (bicyclic) bond motifs is 1. The van der Waals surface area contributed by atoms with E-state index in [4.69, 9.17) is 9.47 Å². The van der Waals surface area contributed by atoms with Gasteiger partial charge in [0, 0.05) is 17.0 Å². The molecule has 1 heterocycles. The fourth-order valence-electron chi connectivity index (χ4n) is 3.30. The van der Waals surface area contributed by atoms with Gasteiger partial charge in [-0.1, -0.05) is 65.3 Å². The van der Waals surface area contributed by atoms with Crippen molar-refractivity contribution >= 4 is 42.6 Å². The van der Waals surface area contributed by atoms with Crippen molar-refractivity contribution in [3.05, 3.63) is 75.7 Å². The first kappa shape index (κ1) is 20.9. The predicted molar refractivity (Wildman–Crippen MR) is 128 cm³/mol. The number of aromatic nitrogens is 2.